The zero-order chi connectivity index (χ0) is 30.3. The Morgan fingerprint density at radius 2 is 1.76 bits per heavy atom. The van der Waals surface area contributed by atoms with Crippen molar-refractivity contribution >= 4 is 21.7 Å². The van der Waals surface area contributed by atoms with Crippen LogP contribution in [0.15, 0.2) is 82.4 Å². The minimum Gasteiger partial charge on any atom is -0.488 e. The predicted molar refractivity (Wildman–Crippen MR) is 155 cm³/mol. The molecule has 4 rings (SSSR count). The first-order chi connectivity index (χ1) is 20.0. The van der Waals surface area contributed by atoms with Crippen LogP contribution in [0, 0.1) is 0 Å². The summed E-state index contributed by atoms with van der Waals surface area (Å²) in [4.78, 5) is 17.9. The smallest absolute Gasteiger partial charge is 0.323 e. The van der Waals surface area contributed by atoms with Gasteiger partial charge >= 0.3 is 10.1 Å². The Hall–Kier alpha value is -3.46. The van der Waals surface area contributed by atoms with Crippen molar-refractivity contribution in [3.8, 4) is 5.75 Å². The van der Waals surface area contributed by atoms with Gasteiger partial charge in [-0.15, -0.1) is 9.87 Å². The maximum Gasteiger partial charge on any atom is 0.323 e. The number of ether oxygens (including phenoxy) is 2. The maximum atomic E-state index is 12.8. The van der Waals surface area contributed by atoms with Gasteiger partial charge in [0.25, 0.3) is 5.56 Å². The lowest BCUT2D eigenvalue weighted by atomic mass is 10.1. The molecule has 12 nitrogen and oxygen atoms in total. The number of hydrogen-bond donors (Lipinski definition) is 2. The number of hydrogen-bond acceptors (Lipinski definition) is 11. The molecule has 0 bridgehead atoms. The van der Waals surface area contributed by atoms with Crippen LogP contribution in [0.2, 0.25) is 5.02 Å². The molecule has 0 radical (unpaired) electrons. The number of rotatable bonds is 13. The molecule has 1 aliphatic rings. The van der Waals surface area contributed by atoms with Gasteiger partial charge < -0.3 is 14.9 Å². The van der Waals surface area contributed by atoms with Crippen molar-refractivity contribution in [3.63, 3.8) is 0 Å². The van der Waals surface area contributed by atoms with E-state index in [-0.39, 0.29) is 28.9 Å². The van der Waals surface area contributed by atoms with E-state index in [1.54, 1.807) is 23.3 Å². The third kappa shape index (κ3) is 7.68. The van der Waals surface area contributed by atoms with Crippen molar-refractivity contribution in [3.05, 3.63) is 99.2 Å². The summed E-state index contributed by atoms with van der Waals surface area (Å²) in [5.74, 6) is 0.138. The second kappa shape index (κ2) is 13.7. The Bertz CT molecular complexity index is 1540. The van der Waals surface area contributed by atoms with E-state index in [0.29, 0.717) is 18.9 Å². The maximum absolute atomic E-state index is 12.8. The monoisotopic (exact) mass is 619 g/mol. The Morgan fingerprint density at radius 3 is 2.43 bits per heavy atom. The fourth-order valence-corrected chi connectivity index (χ4v) is 4.94. The van der Waals surface area contributed by atoms with Crippen molar-refractivity contribution in [2.24, 2.45) is 0 Å². The normalized spacial score (nSPS) is 14.4. The Kier molecular flexibility index (Phi) is 10.2. The van der Waals surface area contributed by atoms with Crippen molar-refractivity contribution in [1.29, 1.82) is 0 Å². The first kappa shape index (κ1) is 31.5. The first-order valence-corrected chi connectivity index (χ1v) is 15.0. The third-order valence-electron chi connectivity index (χ3n) is 6.18. The van der Waals surface area contributed by atoms with Gasteiger partial charge in [-0.25, -0.2) is 9.57 Å². The number of benzene rings is 2. The van der Waals surface area contributed by atoms with Crippen molar-refractivity contribution in [2.75, 3.05) is 19.8 Å². The lowest BCUT2D eigenvalue weighted by Gasteiger charge is -2.31. The van der Waals surface area contributed by atoms with Gasteiger partial charge in [0.05, 0.1) is 28.9 Å². The summed E-state index contributed by atoms with van der Waals surface area (Å²) in [5.41, 5.74) is 7.07. The summed E-state index contributed by atoms with van der Waals surface area (Å²) in [6, 6.07) is 15.1. The molecule has 0 spiro atoms. The van der Waals surface area contributed by atoms with Crippen LogP contribution in [0.1, 0.15) is 44.9 Å². The van der Waals surface area contributed by atoms with E-state index < -0.39 is 27.3 Å². The molecule has 3 aromatic rings. The number of halogens is 1. The average molecular weight is 620 g/mol. The van der Waals surface area contributed by atoms with Crippen LogP contribution in [0.25, 0.3) is 0 Å². The number of nitrogens with zero attached hydrogens (tertiary/aromatic N) is 3. The van der Waals surface area contributed by atoms with Crippen molar-refractivity contribution in [2.45, 2.75) is 50.8 Å². The molecule has 2 heterocycles. The molecule has 42 heavy (non-hydrogen) atoms. The highest BCUT2D eigenvalue weighted by Crippen LogP contribution is 2.28. The van der Waals surface area contributed by atoms with E-state index in [4.69, 9.17) is 30.3 Å². The zero-order valence-electron chi connectivity index (χ0n) is 23.7. The summed E-state index contributed by atoms with van der Waals surface area (Å²) < 4.78 is 42.8. The molecule has 226 valence electrons. The zero-order valence-corrected chi connectivity index (χ0v) is 25.3. The summed E-state index contributed by atoms with van der Waals surface area (Å²) >= 11 is 6.36. The highest BCUT2D eigenvalue weighted by Gasteiger charge is 2.29. The predicted octanol–water partition coefficient (Wildman–Crippen LogP) is 3.81. The van der Waals surface area contributed by atoms with E-state index in [0.717, 1.165) is 11.1 Å². The minimum absolute atomic E-state index is 0.0453. The largest absolute Gasteiger partial charge is 0.488 e. The van der Waals surface area contributed by atoms with Gasteiger partial charge in [0.15, 0.2) is 10.8 Å². The fraction of sp³-hybridized carbons (Fsp3) is 0.357. The van der Waals surface area contributed by atoms with Crippen LogP contribution >= 0.6 is 11.6 Å². The lowest BCUT2D eigenvalue weighted by molar-refractivity contribution is -0.197. The molecule has 1 atom stereocenters. The Morgan fingerprint density at radius 1 is 1.05 bits per heavy atom. The SMILES string of the molecule is CCOCc1ccc(S(=O)(=O)OOCC2=CNNN2C(COc2cnn(C(C)(C)C)c(=O)c2Cl)c2ccccc2)cc1. The fourth-order valence-electron chi connectivity index (χ4n) is 4.03. The molecular weight excluding hydrogens is 586 g/mol. The van der Waals surface area contributed by atoms with Crippen LogP contribution in [-0.4, -0.2) is 43.0 Å². The second-order valence-electron chi connectivity index (χ2n) is 10.3. The summed E-state index contributed by atoms with van der Waals surface area (Å²) in [7, 11) is -4.18. The Balaban J connectivity index is 1.45. The molecule has 0 saturated heterocycles. The van der Waals surface area contributed by atoms with Gasteiger partial charge in [-0.1, -0.05) is 54.1 Å². The van der Waals surface area contributed by atoms with Crippen LogP contribution in [0.5, 0.6) is 5.75 Å². The highest BCUT2D eigenvalue weighted by molar-refractivity contribution is 7.86. The third-order valence-corrected chi connectivity index (χ3v) is 7.65. The Labute approximate surface area is 249 Å². The summed E-state index contributed by atoms with van der Waals surface area (Å²) in [6.45, 7) is 8.18. The van der Waals surface area contributed by atoms with E-state index >= 15 is 0 Å². The molecule has 0 amide bonds. The molecule has 1 aliphatic heterocycles. The molecule has 1 aromatic heterocycles. The van der Waals surface area contributed by atoms with Crippen LogP contribution < -0.4 is 21.3 Å². The van der Waals surface area contributed by atoms with Gasteiger partial charge in [-0.2, -0.15) is 13.5 Å². The standard InChI is InChI=1S/C28H34ClN5O7S/c1-5-38-17-20-11-13-23(14-12-20)42(36,37)41-40-18-22-15-30-32-33(22)24(21-9-7-6-8-10-21)19-39-25-16-31-34(28(2,3)4)27(35)26(25)29/h6-16,24,30,32H,5,17-19H2,1-4H3. The lowest BCUT2D eigenvalue weighted by Crippen LogP contribution is -2.43. The van der Waals surface area contributed by atoms with Gasteiger partial charge in [-0.3, -0.25) is 9.80 Å². The molecule has 2 N–H and O–H groups in total. The number of nitrogens with one attached hydrogen (secondary N) is 2. The first-order valence-electron chi connectivity index (χ1n) is 13.2. The van der Waals surface area contributed by atoms with Crippen LogP contribution in [-0.2, 0) is 36.2 Å². The van der Waals surface area contributed by atoms with Gasteiger partial charge in [0, 0.05) is 12.8 Å². The van der Waals surface area contributed by atoms with Crippen LogP contribution in [0.3, 0.4) is 0 Å². The second-order valence-corrected chi connectivity index (χ2v) is 12.2. The van der Waals surface area contributed by atoms with Crippen LogP contribution in [0.4, 0.5) is 0 Å². The molecule has 2 aromatic carbocycles. The topological polar surface area (TPSA) is 133 Å². The van der Waals surface area contributed by atoms with E-state index in [9.17, 15) is 13.2 Å². The molecule has 0 saturated carbocycles. The summed E-state index contributed by atoms with van der Waals surface area (Å²) in [6.07, 6.45) is 3.02. The van der Waals surface area contributed by atoms with Gasteiger partial charge in [-0.05, 0) is 51.0 Å². The number of hydrazine groups is 2. The van der Waals surface area contributed by atoms with Gasteiger partial charge in [0.1, 0.15) is 19.3 Å². The van der Waals surface area contributed by atoms with Crippen molar-refractivity contribution < 1.29 is 27.1 Å². The van der Waals surface area contributed by atoms with E-state index in [2.05, 4.69) is 16.1 Å². The number of aromatic nitrogens is 2. The molecular formula is C28H34ClN5O7S. The average Bonchev–Trinajstić information content (AvgIpc) is 3.42. The minimum atomic E-state index is -4.18. The molecule has 0 aliphatic carbocycles. The quantitative estimate of drug-likeness (QED) is 0.214. The molecule has 14 heteroatoms. The molecule has 0 fully saturated rings. The van der Waals surface area contributed by atoms with E-state index in [1.807, 2.05) is 58.0 Å². The summed E-state index contributed by atoms with van der Waals surface area (Å²) in [5, 5.41) is 5.84. The highest BCUT2D eigenvalue weighted by atomic mass is 35.5. The molecule has 1 unspecified atom stereocenters. The van der Waals surface area contributed by atoms with E-state index in [1.165, 1.54) is 23.0 Å². The van der Waals surface area contributed by atoms with Gasteiger partial charge in [0.2, 0.25) is 0 Å². The van der Waals surface area contributed by atoms with Crippen molar-refractivity contribution in [1.82, 2.24) is 25.7 Å².